The standard InChI is InChI=1S/C35H30F2N4O2S/c1-22-12-17-29(23(2)18-22)41-35-32(33(39-41)25-8-4-3-5-9-25)34(27-10-6-7-11-28(27)37)44-21-31(43)40(35)20-30(42)38-19-24-13-15-26(36)16-14-24/h3-18,34H,19-21H2,1-2H3,(H,38,42)/t34-/m1/s1. The van der Waals surface area contributed by atoms with E-state index >= 15 is 4.39 Å². The van der Waals surface area contributed by atoms with Gasteiger partial charge in [0, 0.05) is 23.2 Å². The monoisotopic (exact) mass is 608 g/mol. The van der Waals surface area contributed by atoms with Gasteiger partial charge in [0.1, 0.15) is 24.0 Å². The smallest absolute Gasteiger partial charge is 0.240 e. The fourth-order valence-electron chi connectivity index (χ4n) is 5.48. The third kappa shape index (κ3) is 5.88. The number of benzene rings is 4. The van der Waals surface area contributed by atoms with Crippen molar-refractivity contribution >= 4 is 29.4 Å². The van der Waals surface area contributed by atoms with Gasteiger partial charge in [0.2, 0.25) is 11.8 Å². The van der Waals surface area contributed by atoms with Gasteiger partial charge in [-0.3, -0.25) is 14.5 Å². The number of hydrogen-bond donors (Lipinski definition) is 1. The van der Waals surface area contributed by atoms with Crippen molar-refractivity contribution in [2.75, 3.05) is 17.2 Å². The molecule has 222 valence electrons. The van der Waals surface area contributed by atoms with Gasteiger partial charge in [-0.15, -0.1) is 11.8 Å². The molecular formula is C35H30F2N4O2S. The molecule has 1 N–H and O–H groups in total. The van der Waals surface area contributed by atoms with Crippen LogP contribution >= 0.6 is 11.8 Å². The highest BCUT2D eigenvalue weighted by Gasteiger charge is 2.38. The number of amides is 2. The molecule has 6 nitrogen and oxygen atoms in total. The molecule has 2 amide bonds. The summed E-state index contributed by atoms with van der Waals surface area (Å²) in [6.07, 6.45) is 0. The zero-order chi connectivity index (χ0) is 30.8. The van der Waals surface area contributed by atoms with E-state index < -0.39 is 11.2 Å². The summed E-state index contributed by atoms with van der Waals surface area (Å²) in [5, 5.41) is 7.37. The lowest BCUT2D eigenvalue weighted by molar-refractivity contribution is -0.123. The van der Waals surface area contributed by atoms with E-state index in [0.29, 0.717) is 22.6 Å². The number of anilines is 1. The van der Waals surface area contributed by atoms with E-state index in [-0.39, 0.29) is 36.4 Å². The highest BCUT2D eigenvalue weighted by molar-refractivity contribution is 8.00. The number of aryl methyl sites for hydroxylation is 2. The Balaban J connectivity index is 1.53. The quantitative estimate of drug-likeness (QED) is 0.218. The van der Waals surface area contributed by atoms with Crippen molar-refractivity contribution in [3.63, 3.8) is 0 Å². The number of carbonyl (C=O) groups excluding carboxylic acids is 2. The van der Waals surface area contributed by atoms with Crippen molar-refractivity contribution in [2.45, 2.75) is 25.6 Å². The summed E-state index contributed by atoms with van der Waals surface area (Å²) < 4.78 is 30.5. The third-order valence-electron chi connectivity index (χ3n) is 7.61. The first-order valence-electron chi connectivity index (χ1n) is 14.2. The fraction of sp³-hybridized carbons (Fsp3) is 0.171. The summed E-state index contributed by atoms with van der Waals surface area (Å²) in [7, 11) is 0. The molecule has 0 saturated heterocycles. The number of halogens is 2. The van der Waals surface area contributed by atoms with Gasteiger partial charge in [-0.1, -0.05) is 78.4 Å². The van der Waals surface area contributed by atoms with Gasteiger partial charge >= 0.3 is 0 Å². The molecule has 0 radical (unpaired) electrons. The van der Waals surface area contributed by atoms with E-state index in [9.17, 15) is 14.0 Å². The second kappa shape index (κ2) is 12.5. The van der Waals surface area contributed by atoms with Gasteiger partial charge in [0.05, 0.1) is 22.4 Å². The molecule has 5 aromatic rings. The Morgan fingerprint density at radius 3 is 2.41 bits per heavy atom. The van der Waals surface area contributed by atoms with Crippen LogP contribution in [-0.4, -0.2) is 33.9 Å². The summed E-state index contributed by atoms with van der Waals surface area (Å²) in [5.74, 6) is -0.975. The number of nitrogens with zero attached hydrogens (tertiary/aromatic N) is 3. The lowest BCUT2D eigenvalue weighted by atomic mass is 9.99. The predicted molar refractivity (Wildman–Crippen MR) is 170 cm³/mol. The SMILES string of the molecule is Cc1ccc(-n2nc(-c3ccccc3)c3c2N(CC(=O)NCc2ccc(F)cc2)C(=O)CS[C@@H]3c2ccccc2F)c(C)c1. The first-order chi connectivity index (χ1) is 21.3. The number of aromatic nitrogens is 2. The minimum Gasteiger partial charge on any atom is -0.350 e. The van der Waals surface area contributed by atoms with Crippen molar-refractivity contribution in [3.05, 3.63) is 137 Å². The molecule has 1 aliphatic rings. The molecule has 1 aliphatic heterocycles. The Labute approximate surface area is 258 Å². The van der Waals surface area contributed by atoms with Crippen LogP contribution in [0.5, 0.6) is 0 Å². The Morgan fingerprint density at radius 1 is 0.955 bits per heavy atom. The molecule has 44 heavy (non-hydrogen) atoms. The molecule has 4 aromatic carbocycles. The number of carbonyl (C=O) groups is 2. The van der Waals surface area contributed by atoms with Crippen LogP contribution in [-0.2, 0) is 16.1 Å². The van der Waals surface area contributed by atoms with Crippen molar-refractivity contribution in [2.24, 2.45) is 0 Å². The Morgan fingerprint density at radius 2 is 1.68 bits per heavy atom. The molecule has 0 unspecified atom stereocenters. The summed E-state index contributed by atoms with van der Waals surface area (Å²) in [6, 6.07) is 28.0. The second-order valence-corrected chi connectivity index (χ2v) is 11.8. The molecule has 0 saturated carbocycles. The van der Waals surface area contributed by atoms with Crippen molar-refractivity contribution < 1.29 is 18.4 Å². The van der Waals surface area contributed by atoms with E-state index in [4.69, 9.17) is 5.10 Å². The van der Waals surface area contributed by atoms with Crippen LogP contribution in [0.1, 0.15) is 33.1 Å². The second-order valence-electron chi connectivity index (χ2n) is 10.7. The summed E-state index contributed by atoms with van der Waals surface area (Å²) in [5.41, 5.74) is 5.98. The molecule has 6 rings (SSSR count). The van der Waals surface area contributed by atoms with E-state index in [1.807, 2.05) is 62.4 Å². The molecule has 0 fully saturated rings. The third-order valence-corrected chi connectivity index (χ3v) is 8.85. The Hall–Kier alpha value is -4.76. The molecule has 1 atom stereocenters. The largest absolute Gasteiger partial charge is 0.350 e. The minimum absolute atomic E-state index is 0.0278. The van der Waals surface area contributed by atoms with E-state index in [2.05, 4.69) is 5.32 Å². The normalized spacial score (nSPS) is 14.7. The summed E-state index contributed by atoms with van der Waals surface area (Å²) in [6.45, 7) is 3.87. The number of hydrogen-bond acceptors (Lipinski definition) is 4. The van der Waals surface area contributed by atoms with Crippen molar-refractivity contribution in [1.82, 2.24) is 15.1 Å². The van der Waals surface area contributed by atoms with Crippen LogP contribution in [0, 0.1) is 25.5 Å². The van der Waals surface area contributed by atoms with E-state index in [1.165, 1.54) is 34.9 Å². The van der Waals surface area contributed by atoms with Crippen LogP contribution in [0.2, 0.25) is 0 Å². The van der Waals surface area contributed by atoms with E-state index in [1.54, 1.807) is 35.0 Å². The fourth-order valence-corrected chi connectivity index (χ4v) is 6.69. The minimum atomic E-state index is -0.572. The maximum atomic E-state index is 15.4. The zero-order valence-corrected chi connectivity index (χ0v) is 25.1. The number of nitrogens with one attached hydrogen (secondary N) is 1. The van der Waals surface area contributed by atoms with Crippen LogP contribution in [0.25, 0.3) is 16.9 Å². The van der Waals surface area contributed by atoms with Gasteiger partial charge in [-0.2, -0.15) is 5.10 Å². The maximum Gasteiger partial charge on any atom is 0.240 e. The Kier molecular flexibility index (Phi) is 8.30. The number of thioether (sulfide) groups is 1. The average Bonchev–Trinajstić information content (AvgIpc) is 3.34. The molecular weight excluding hydrogens is 578 g/mol. The lowest BCUT2D eigenvalue weighted by Gasteiger charge is -2.24. The first-order valence-corrected chi connectivity index (χ1v) is 15.3. The van der Waals surface area contributed by atoms with Gasteiger partial charge in [-0.05, 0) is 49.2 Å². The highest BCUT2D eigenvalue weighted by Crippen LogP contribution is 2.49. The van der Waals surface area contributed by atoms with Crippen molar-refractivity contribution in [3.8, 4) is 16.9 Å². The lowest BCUT2D eigenvalue weighted by Crippen LogP contribution is -2.42. The molecule has 0 bridgehead atoms. The molecule has 2 heterocycles. The molecule has 9 heteroatoms. The highest BCUT2D eigenvalue weighted by atomic mass is 32.2. The summed E-state index contributed by atoms with van der Waals surface area (Å²) in [4.78, 5) is 28.7. The van der Waals surface area contributed by atoms with Gasteiger partial charge < -0.3 is 5.32 Å². The van der Waals surface area contributed by atoms with Crippen LogP contribution in [0.15, 0.2) is 97.1 Å². The van der Waals surface area contributed by atoms with Crippen LogP contribution < -0.4 is 10.2 Å². The number of fused-ring (bicyclic) bond motifs is 1. The number of rotatable bonds is 7. The molecule has 0 aliphatic carbocycles. The topological polar surface area (TPSA) is 67.2 Å². The van der Waals surface area contributed by atoms with Gasteiger partial charge in [0.25, 0.3) is 0 Å². The van der Waals surface area contributed by atoms with Crippen LogP contribution in [0.3, 0.4) is 0 Å². The predicted octanol–water partition coefficient (Wildman–Crippen LogP) is 6.92. The molecule has 1 aromatic heterocycles. The van der Waals surface area contributed by atoms with Gasteiger partial charge in [0.15, 0.2) is 0 Å². The first kappa shape index (κ1) is 29.3. The van der Waals surface area contributed by atoms with Crippen molar-refractivity contribution in [1.29, 1.82) is 0 Å². The summed E-state index contributed by atoms with van der Waals surface area (Å²) >= 11 is 1.32. The van der Waals surface area contributed by atoms with Gasteiger partial charge in [-0.25, -0.2) is 13.5 Å². The van der Waals surface area contributed by atoms with E-state index in [0.717, 1.165) is 27.9 Å². The Bertz CT molecular complexity index is 1840. The molecule has 0 spiro atoms. The van der Waals surface area contributed by atoms with Crippen LogP contribution in [0.4, 0.5) is 14.6 Å². The average molecular weight is 609 g/mol. The zero-order valence-electron chi connectivity index (χ0n) is 24.3. The maximum absolute atomic E-state index is 15.4.